The predicted octanol–water partition coefficient (Wildman–Crippen LogP) is 2.28. The number of hydrogen-bond acceptors (Lipinski definition) is 3. The number of carboxylic acids is 1. The van der Waals surface area contributed by atoms with Gasteiger partial charge in [-0.2, -0.15) is 11.8 Å². The Bertz CT molecular complexity index is 492. The molecule has 2 unspecified atom stereocenters. The van der Waals surface area contributed by atoms with Crippen molar-refractivity contribution in [1.82, 2.24) is 4.90 Å². The summed E-state index contributed by atoms with van der Waals surface area (Å²) in [7, 11) is 0. The molecule has 21 heavy (non-hydrogen) atoms. The Kier molecular flexibility index (Phi) is 5.67. The van der Waals surface area contributed by atoms with Crippen LogP contribution < -0.4 is 0 Å². The summed E-state index contributed by atoms with van der Waals surface area (Å²) in [6, 6.07) is 9.51. The number of aryl methyl sites for hydroxylation is 1. The van der Waals surface area contributed by atoms with Gasteiger partial charge >= 0.3 is 5.97 Å². The maximum atomic E-state index is 12.2. The minimum absolute atomic E-state index is 0.0424. The van der Waals surface area contributed by atoms with Gasteiger partial charge in [-0.1, -0.05) is 37.3 Å². The number of likely N-dealkylation sites (tertiary alicyclic amines) is 1. The molecule has 1 heterocycles. The number of amides is 1. The fourth-order valence-electron chi connectivity index (χ4n) is 2.68. The van der Waals surface area contributed by atoms with E-state index in [0.717, 1.165) is 18.6 Å². The van der Waals surface area contributed by atoms with Crippen LogP contribution in [0.1, 0.15) is 18.9 Å². The monoisotopic (exact) mass is 307 g/mol. The molecular weight excluding hydrogens is 286 g/mol. The van der Waals surface area contributed by atoms with Crippen molar-refractivity contribution in [2.45, 2.75) is 25.8 Å². The molecule has 1 fully saturated rings. The van der Waals surface area contributed by atoms with Crippen LogP contribution in [0.15, 0.2) is 30.3 Å². The fourth-order valence-corrected chi connectivity index (χ4v) is 3.55. The second kappa shape index (κ2) is 7.50. The zero-order chi connectivity index (χ0) is 15.2. The number of carbonyl (C=O) groups is 2. The lowest BCUT2D eigenvalue weighted by Gasteiger charge is -2.23. The van der Waals surface area contributed by atoms with E-state index in [4.69, 9.17) is 0 Å². The molecule has 0 radical (unpaired) electrons. The summed E-state index contributed by atoms with van der Waals surface area (Å²) in [5, 5.41) is 9.22. The molecule has 1 aliphatic rings. The minimum Gasteiger partial charge on any atom is -0.480 e. The second-order valence-corrected chi connectivity index (χ2v) is 6.53. The molecule has 1 amide bonds. The fraction of sp³-hybridized carbons (Fsp3) is 0.500. The van der Waals surface area contributed by atoms with Gasteiger partial charge in [-0.05, 0) is 30.1 Å². The number of carboxylic acid groups (broad SMARTS) is 1. The van der Waals surface area contributed by atoms with Crippen molar-refractivity contribution in [3.8, 4) is 0 Å². The van der Waals surface area contributed by atoms with Crippen LogP contribution in [-0.4, -0.2) is 46.0 Å². The number of rotatable bonds is 6. The van der Waals surface area contributed by atoms with Crippen LogP contribution in [0.25, 0.3) is 0 Å². The molecule has 1 saturated heterocycles. The van der Waals surface area contributed by atoms with Crippen LogP contribution in [0, 0.1) is 5.92 Å². The lowest BCUT2D eigenvalue weighted by molar-refractivity contribution is -0.148. The molecule has 1 aromatic rings. The molecule has 5 heteroatoms. The Balaban J connectivity index is 1.76. The van der Waals surface area contributed by atoms with Crippen LogP contribution >= 0.6 is 11.8 Å². The minimum atomic E-state index is -0.886. The summed E-state index contributed by atoms with van der Waals surface area (Å²) in [5.41, 5.74) is 1.26. The van der Waals surface area contributed by atoms with Crippen molar-refractivity contribution >= 4 is 23.6 Å². The van der Waals surface area contributed by atoms with E-state index in [9.17, 15) is 14.7 Å². The molecule has 0 aromatic heterocycles. The third-order valence-electron chi connectivity index (χ3n) is 3.88. The van der Waals surface area contributed by atoms with Crippen LogP contribution in [0.5, 0.6) is 0 Å². The standard InChI is InChI=1S/C16H21NO3S/c1-12-7-9-17(15(12)16(19)20)14(18)11-21-10-8-13-5-3-2-4-6-13/h2-6,12,15H,7-11H2,1H3,(H,19,20). The largest absolute Gasteiger partial charge is 0.480 e. The molecule has 1 N–H and O–H groups in total. The molecule has 1 aromatic carbocycles. The van der Waals surface area contributed by atoms with Crippen molar-refractivity contribution in [3.63, 3.8) is 0 Å². The Hall–Kier alpha value is -1.49. The van der Waals surface area contributed by atoms with Crippen molar-refractivity contribution in [2.24, 2.45) is 5.92 Å². The van der Waals surface area contributed by atoms with Crippen molar-refractivity contribution in [2.75, 3.05) is 18.1 Å². The normalized spacial score (nSPS) is 21.5. The van der Waals surface area contributed by atoms with E-state index in [-0.39, 0.29) is 11.8 Å². The van der Waals surface area contributed by atoms with E-state index in [0.29, 0.717) is 12.3 Å². The smallest absolute Gasteiger partial charge is 0.326 e. The van der Waals surface area contributed by atoms with Gasteiger partial charge < -0.3 is 10.0 Å². The van der Waals surface area contributed by atoms with Gasteiger partial charge in [-0.15, -0.1) is 0 Å². The van der Waals surface area contributed by atoms with Gasteiger partial charge in [0.2, 0.25) is 5.91 Å². The third kappa shape index (κ3) is 4.24. The van der Waals surface area contributed by atoms with E-state index in [2.05, 4.69) is 12.1 Å². The summed E-state index contributed by atoms with van der Waals surface area (Å²) >= 11 is 1.57. The number of aliphatic carboxylic acids is 1. The number of thioether (sulfide) groups is 1. The van der Waals surface area contributed by atoms with Crippen molar-refractivity contribution in [1.29, 1.82) is 0 Å². The molecule has 0 bridgehead atoms. The van der Waals surface area contributed by atoms with Gasteiger partial charge in [0.15, 0.2) is 0 Å². The lowest BCUT2D eigenvalue weighted by Crippen LogP contribution is -2.43. The van der Waals surface area contributed by atoms with E-state index in [1.165, 1.54) is 10.5 Å². The average Bonchev–Trinajstić information content (AvgIpc) is 2.86. The summed E-state index contributed by atoms with van der Waals surface area (Å²) < 4.78 is 0. The van der Waals surface area contributed by atoms with Gasteiger partial charge in [0.25, 0.3) is 0 Å². The molecular formula is C16H21NO3S. The van der Waals surface area contributed by atoms with Crippen LogP contribution in [0.3, 0.4) is 0 Å². The maximum absolute atomic E-state index is 12.2. The highest BCUT2D eigenvalue weighted by molar-refractivity contribution is 7.99. The number of benzene rings is 1. The SMILES string of the molecule is CC1CCN(C(=O)CSCCc2ccccc2)C1C(=O)O. The Morgan fingerprint density at radius 1 is 1.33 bits per heavy atom. The first kappa shape index (κ1) is 15.9. The molecule has 2 atom stereocenters. The Morgan fingerprint density at radius 3 is 2.71 bits per heavy atom. The number of nitrogens with zero attached hydrogens (tertiary/aromatic N) is 1. The number of carbonyl (C=O) groups excluding carboxylic acids is 1. The highest BCUT2D eigenvalue weighted by Gasteiger charge is 2.39. The quantitative estimate of drug-likeness (QED) is 0.819. The Labute approximate surface area is 129 Å². The van der Waals surface area contributed by atoms with Crippen LogP contribution in [-0.2, 0) is 16.0 Å². The van der Waals surface area contributed by atoms with Gasteiger partial charge in [-0.25, -0.2) is 4.79 Å². The van der Waals surface area contributed by atoms with Crippen LogP contribution in [0.4, 0.5) is 0 Å². The summed E-state index contributed by atoms with van der Waals surface area (Å²) in [6.45, 7) is 2.46. The highest BCUT2D eigenvalue weighted by atomic mass is 32.2. The molecule has 0 aliphatic carbocycles. The average molecular weight is 307 g/mol. The molecule has 1 aliphatic heterocycles. The third-order valence-corrected chi connectivity index (χ3v) is 4.82. The second-order valence-electron chi connectivity index (χ2n) is 5.42. The lowest BCUT2D eigenvalue weighted by atomic mass is 10.0. The van der Waals surface area contributed by atoms with Gasteiger partial charge in [0.1, 0.15) is 6.04 Å². The van der Waals surface area contributed by atoms with Crippen molar-refractivity contribution < 1.29 is 14.7 Å². The van der Waals surface area contributed by atoms with E-state index < -0.39 is 12.0 Å². The first-order valence-electron chi connectivity index (χ1n) is 7.23. The zero-order valence-corrected chi connectivity index (χ0v) is 13.0. The van der Waals surface area contributed by atoms with Gasteiger partial charge in [0, 0.05) is 6.54 Å². The topological polar surface area (TPSA) is 57.6 Å². The highest BCUT2D eigenvalue weighted by Crippen LogP contribution is 2.25. The van der Waals surface area contributed by atoms with E-state index in [1.807, 2.05) is 25.1 Å². The Morgan fingerprint density at radius 2 is 2.05 bits per heavy atom. The first-order chi connectivity index (χ1) is 10.1. The van der Waals surface area contributed by atoms with Gasteiger partial charge in [-0.3, -0.25) is 4.79 Å². The molecule has 4 nitrogen and oxygen atoms in total. The summed E-state index contributed by atoms with van der Waals surface area (Å²) in [6.07, 6.45) is 1.70. The zero-order valence-electron chi connectivity index (χ0n) is 12.2. The molecule has 0 spiro atoms. The molecule has 2 rings (SSSR count). The van der Waals surface area contributed by atoms with Gasteiger partial charge in [0.05, 0.1) is 5.75 Å². The van der Waals surface area contributed by atoms with E-state index in [1.54, 1.807) is 11.8 Å². The van der Waals surface area contributed by atoms with Crippen molar-refractivity contribution in [3.05, 3.63) is 35.9 Å². The number of hydrogen-bond donors (Lipinski definition) is 1. The maximum Gasteiger partial charge on any atom is 0.326 e. The van der Waals surface area contributed by atoms with Crippen LogP contribution in [0.2, 0.25) is 0 Å². The van der Waals surface area contributed by atoms with E-state index >= 15 is 0 Å². The summed E-state index contributed by atoms with van der Waals surface area (Å²) in [4.78, 5) is 24.9. The summed E-state index contributed by atoms with van der Waals surface area (Å²) in [5.74, 6) is 0.341. The molecule has 0 saturated carbocycles. The first-order valence-corrected chi connectivity index (χ1v) is 8.39. The predicted molar refractivity (Wildman–Crippen MR) is 84.4 cm³/mol. The molecule has 114 valence electrons.